The van der Waals surface area contributed by atoms with Crippen molar-refractivity contribution in [2.75, 3.05) is 39.0 Å². The molecule has 0 saturated carbocycles. The van der Waals surface area contributed by atoms with Gasteiger partial charge < -0.3 is 9.64 Å². The van der Waals surface area contributed by atoms with E-state index in [0.717, 1.165) is 31.6 Å². The monoisotopic (exact) mass is 436 g/mol. The smallest absolute Gasteiger partial charge is 0.253 e. The number of rotatable bonds is 6. The van der Waals surface area contributed by atoms with Gasteiger partial charge in [-0.05, 0) is 42.8 Å². The molecule has 6 nitrogen and oxygen atoms in total. The number of hydrogen-bond donors (Lipinski definition) is 0. The first kappa shape index (κ1) is 21.6. The molecule has 0 bridgehead atoms. The lowest BCUT2D eigenvalue weighted by molar-refractivity contribution is 0.0628. The van der Waals surface area contributed by atoms with Gasteiger partial charge in [0, 0.05) is 44.5 Å². The zero-order chi connectivity index (χ0) is 21.0. The second-order valence-corrected chi connectivity index (χ2v) is 9.45. The first-order valence-electron chi connectivity index (χ1n) is 9.51. The lowest BCUT2D eigenvalue weighted by Crippen LogP contribution is -2.48. The number of halogens is 1. The summed E-state index contributed by atoms with van der Waals surface area (Å²) >= 11 is 5.98. The molecule has 0 radical (unpaired) electrons. The standard InChI is InChI=1S/C21H25ClN2O4S/c1-3-28-18-7-4-16(5-8-18)15-23-10-12-24(13-11-23)21(25)17-6-9-19(22)20(14-17)29(2,26)27/h4-9,14H,3,10-13,15H2,1-2H3. The minimum atomic E-state index is -3.49. The molecule has 0 aliphatic carbocycles. The highest BCUT2D eigenvalue weighted by molar-refractivity contribution is 7.90. The minimum Gasteiger partial charge on any atom is -0.494 e. The molecule has 29 heavy (non-hydrogen) atoms. The first-order chi connectivity index (χ1) is 13.8. The molecule has 8 heteroatoms. The molecular formula is C21H25ClN2O4S. The Bertz CT molecular complexity index is 969. The van der Waals surface area contributed by atoms with Gasteiger partial charge in [-0.1, -0.05) is 23.7 Å². The molecule has 1 aliphatic heterocycles. The van der Waals surface area contributed by atoms with Gasteiger partial charge >= 0.3 is 0 Å². The van der Waals surface area contributed by atoms with Gasteiger partial charge in [0.2, 0.25) is 0 Å². The van der Waals surface area contributed by atoms with Crippen LogP contribution in [0.4, 0.5) is 0 Å². The fourth-order valence-corrected chi connectivity index (χ4v) is 4.63. The van der Waals surface area contributed by atoms with Crippen molar-refractivity contribution in [1.82, 2.24) is 9.80 Å². The topological polar surface area (TPSA) is 66.9 Å². The number of carbonyl (C=O) groups excluding carboxylic acids is 1. The quantitative estimate of drug-likeness (QED) is 0.696. The van der Waals surface area contributed by atoms with E-state index in [2.05, 4.69) is 17.0 Å². The van der Waals surface area contributed by atoms with E-state index in [-0.39, 0.29) is 15.8 Å². The molecular weight excluding hydrogens is 412 g/mol. The Morgan fingerprint density at radius 1 is 1.07 bits per heavy atom. The van der Waals surface area contributed by atoms with Crippen LogP contribution in [0.5, 0.6) is 5.75 Å². The Labute approximate surface area is 176 Å². The van der Waals surface area contributed by atoms with E-state index in [9.17, 15) is 13.2 Å². The maximum atomic E-state index is 12.8. The molecule has 0 spiro atoms. The number of amides is 1. The third-order valence-corrected chi connectivity index (χ3v) is 6.46. The molecule has 0 atom stereocenters. The normalized spacial score (nSPS) is 15.3. The number of ether oxygens (including phenoxy) is 1. The van der Waals surface area contributed by atoms with Gasteiger partial charge in [0.15, 0.2) is 9.84 Å². The maximum Gasteiger partial charge on any atom is 0.253 e. The third kappa shape index (κ3) is 5.50. The molecule has 1 heterocycles. The van der Waals surface area contributed by atoms with Gasteiger partial charge in [0.25, 0.3) is 5.91 Å². The Morgan fingerprint density at radius 3 is 2.31 bits per heavy atom. The summed E-state index contributed by atoms with van der Waals surface area (Å²) in [6.07, 6.45) is 1.09. The predicted octanol–water partition coefficient (Wildman–Crippen LogP) is 3.10. The number of carbonyl (C=O) groups is 1. The van der Waals surface area contributed by atoms with Crippen molar-refractivity contribution in [3.8, 4) is 5.75 Å². The summed E-state index contributed by atoms with van der Waals surface area (Å²) in [7, 11) is -3.49. The number of sulfone groups is 1. The van der Waals surface area contributed by atoms with Gasteiger partial charge in [-0.25, -0.2) is 8.42 Å². The molecule has 0 aromatic heterocycles. The van der Waals surface area contributed by atoms with Gasteiger partial charge in [0.05, 0.1) is 16.5 Å². The molecule has 1 fully saturated rings. The lowest BCUT2D eigenvalue weighted by atomic mass is 10.1. The number of nitrogens with zero attached hydrogens (tertiary/aromatic N) is 2. The highest BCUT2D eigenvalue weighted by Crippen LogP contribution is 2.24. The van der Waals surface area contributed by atoms with Crippen molar-refractivity contribution in [3.63, 3.8) is 0 Å². The summed E-state index contributed by atoms with van der Waals surface area (Å²) in [5.74, 6) is 0.690. The molecule has 0 N–H and O–H groups in total. The summed E-state index contributed by atoms with van der Waals surface area (Å²) in [5, 5.41) is 0.129. The summed E-state index contributed by atoms with van der Waals surface area (Å²) in [6, 6.07) is 12.5. The summed E-state index contributed by atoms with van der Waals surface area (Å²) in [4.78, 5) is 16.8. The fourth-order valence-electron chi connectivity index (χ4n) is 3.33. The Morgan fingerprint density at radius 2 is 1.72 bits per heavy atom. The maximum absolute atomic E-state index is 12.8. The van der Waals surface area contributed by atoms with Crippen LogP contribution < -0.4 is 4.74 Å². The second kappa shape index (κ2) is 9.15. The van der Waals surface area contributed by atoms with Crippen LogP contribution in [0.2, 0.25) is 5.02 Å². The summed E-state index contributed by atoms with van der Waals surface area (Å²) < 4.78 is 29.2. The van der Waals surface area contributed by atoms with Gasteiger partial charge in [0.1, 0.15) is 5.75 Å². The number of hydrogen-bond acceptors (Lipinski definition) is 5. The Hall–Kier alpha value is -2.09. The number of piperazine rings is 1. The lowest BCUT2D eigenvalue weighted by Gasteiger charge is -2.35. The van der Waals surface area contributed by atoms with Crippen LogP contribution in [0.1, 0.15) is 22.8 Å². The molecule has 3 rings (SSSR count). The van der Waals surface area contributed by atoms with Gasteiger partial charge in [-0.15, -0.1) is 0 Å². The summed E-state index contributed by atoms with van der Waals surface area (Å²) in [5.41, 5.74) is 1.54. The molecule has 1 aliphatic rings. The van der Waals surface area contributed by atoms with E-state index >= 15 is 0 Å². The van der Waals surface area contributed by atoms with Crippen molar-refractivity contribution < 1.29 is 17.9 Å². The Kier molecular flexibility index (Phi) is 6.82. The largest absolute Gasteiger partial charge is 0.494 e. The van der Waals surface area contributed by atoms with Crippen LogP contribution in [-0.4, -0.2) is 63.2 Å². The minimum absolute atomic E-state index is 0.0147. The van der Waals surface area contributed by atoms with E-state index < -0.39 is 9.84 Å². The SMILES string of the molecule is CCOc1ccc(CN2CCN(C(=O)c3ccc(Cl)c(S(C)(=O)=O)c3)CC2)cc1. The average molecular weight is 437 g/mol. The fraction of sp³-hybridized carbons (Fsp3) is 0.381. The number of benzene rings is 2. The van der Waals surface area contributed by atoms with E-state index in [4.69, 9.17) is 16.3 Å². The van der Waals surface area contributed by atoms with Crippen molar-refractivity contribution in [1.29, 1.82) is 0 Å². The van der Waals surface area contributed by atoms with E-state index in [1.54, 1.807) is 11.0 Å². The van der Waals surface area contributed by atoms with Crippen LogP contribution in [-0.2, 0) is 16.4 Å². The van der Waals surface area contributed by atoms with Crippen molar-refractivity contribution in [2.24, 2.45) is 0 Å². The van der Waals surface area contributed by atoms with Crippen molar-refractivity contribution in [2.45, 2.75) is 18.4 Å². The average Bonchev–Trinajstić information content (AvgIpc) is 2.69. The van der Waals surface area contributed by atoms with Crippen LogP contribution in [0.25, 0.3) is 0 Å². The van der Waals surface area contributed by atoms with Crippen LogP contribution in [0.15, 0.2) is 47.4 Å². The molecule has 2 aromatic carbocycles. The molecule has 156 valence electrons. The van der Waals surface area contributed by atoms with Gasteiger partial charge in [-0.3, -0.25) is 9.69 Å². The molecule has 0 unspecified atom stereocenters. The van der Waals surface area contributed by atoms with Crippen molar-refractivity contribution >= 4 is 27.3 Å². The van der Waals surface area contributed by atoms with E-state index in [1.165, 1.54) is 17.7 Å². The highest BCUT2D eigenvalue weighted by Gasteiger charge is 2.24. The second-order valence-electron chi connectivity index (χ2n) is 7.06. The van der Waals surface area contributed by atoms with E-state index in [0.29, 0.717) is 25.3 Å². The molecule has 1 saturated heterocycles. The molecule has 2 aromatic rings. The van der Waals surface area contributed by atoms with Gasteiger partial charge in [-0.2, -0.15) is 0 Å². The zero-order valence-electron chi connectivity index (χ0n) is 16.6. The first-order valence-corrected chi connectivity index (χ1v) is 11.8. The highest BCUT2D eigenvalue weighted by atomic mass is 35.5. The van der Waals surface area contributed by atoms with Crippen LogP contribution >= 0.6 is 11.6 Å². The van der Waals surface area contributed by atoms with Crippen LogP contribution in [0.3, 0.4) is 0 Å². The van der Waals surface area contributed by atoms with E-state index in [1.807, 2.05) is 19.1 Å². The third-order valence-electron chi connectivity index (χ3n) is 4.88. The van der Waals surface area contributed by atoms with Crippen LogP contribution in [0, 0.1) is 0 Å². The predicted molar refractivity (Wildman–Crippen MR) is 113 cm³/mol. The molecule has 1 amide bonds. The summed E-state index contributed by atoms with van der Waals surface area (Å²) in [6.45, 7) is 6.11. The zero-order valence-corrected chi connectivity index (χ0v) is 18.2. The Balaban J connectivity index is 1.60. The van der Waals surface area contributed by atoms with Crippen molar-refractivity contribution in [3.05, 3.63) is 58.6 Å².